The van der Waals surface area contributed by atoms with E-state index in [1.54, 1.807) is 6.08 Å². The maximum Gasteiger partial charge on any atom is 0.220 e. The summed E-state index contributed by atoms with van der Waals surface area (Å²) in [5, 5.41) is 23.1. The Morgan fingerprint density at radius 2 is 0.643 bits per heavy atom. The van der Waals surface area contributed by atoms with Crippen molar-refractivity contribution in [3.05, 3.63) is 146 Å². The van der Waals surface area contributed by atoms with Gasteiger partial charge in [-0.05, 0) is 109 Å². The summed E-state index contributed by atoms with van der Waals surface area (Å²) in [6, 6.07) is -0.665. The summed E-state index contributed by atoms with van der Waals surface area (Å²) in [5.74, 6) is -0.103. The molecule has 0 aliphatic rings. The van der Waals surface area contributed by atoms with Gasteiger partial charge in [0.2, 0.25) is 5.91 Å². The van der Waals surface area contributed by atoms with Crippen molar-refractivity contribution in [2.24, 2.45) is 0 Å². The van der Waals surface area contributed by atoms with Gasteiger partial charge in [0.25, 0.3) is 0 Å². The van der Waals surface area contributed by atoms with Crippen molar-refractivity contribution in [2.45, 2.75) is 257 Å². The van der Waals surface area contributed by atoms with Gasteiger partial charge in [-0.3, -0.25) is 4.79 Å². The molecule has 0 radical (unpaired) electrons. The summed E-state index contributed by atoms with van der Waals surface area (Å²) in [4.78, 5) is 12.5. The molecule has 396 valence electrons. The van der Waals surface area contributed by atoms with Gasteiger partial charge in [0.1, 0.15) is 0 Å². The van der Waals surface area contributed by atoms with Crippen LogP contribution in [-0.4, -0.2) is 34.9 Å². The van der Waals surface area contributed by atoms with E-state index in [9.17, 15) is 15.0 Å². The molecule has 0 spiro atoms. The van der Waals surface area contributed by atoms with Crippen molar-refractivity contribution in [1.29, 1.82) is 0 Å². The van der Waals surface area contributed by atoms with E-state index in [0.717, 1.165) is 116 Å². The largest absolute Gasteiger partial charge is 0.394 e. The Morgan fingerprint density at radius 3 is 1.00 bits per heavy atom. The number of unbranched alkanes of at least 4 members (excludes halogenated alkanes) is 22. The first kappa shape index (κ1) is 66.3. The molecule has 0 aliphatic carbocycles. The van der Waals surface area contributed by atoms with Crippen LogP contribution in [0.25, 0.3) is 0 Å². The van der Waals surface area contributed by atoms with Crippen LogP contribution < -0.4 is 5.32 Å². The van der Waals surface area contributed by atoms with Crippen LogP contribution in [0.15, 0.2) is 146 Å². The molecule has 2 unspecified atom stereocenters. The summed E-state index contributed by atoms with van der Waals surface area (Å²) in [7, 11) is 0. The van der Waals surface area contributed by atoms with Crippen LogP contribution in [0.5, 0.6) is 0 Å². The third-order valence-electron chi connectivity index (χ3n) is 12.3. The van der Waals surface area contributed by atoms with E-state index in [4.69, 9.17) is 0 Å². The molecule has 0 heterocycles. The molecule has 0 aromatic rings. The third kappa shape index (κ3) is 55.2. The topological polar surface area (TPSA) is 69.6 Å². The van der Waals surface area contributed by atoms with Gasteiger partial charge in [0, 0.05) is 6.42 Å². The number of carbonyl (C=O) groups is 1. The molecule has 0 fully saturated rings. The van der Waals surface area contributed by atoms with Gasteiger partial charge in [-0.25, -0.2) is 0 Å². The number of allylic oxidation sites excluding steroid dienone is 23. The molecule has 0 rings (SSSR count). The molecule has 0 aromatic heterocycles. The SMILES string of the molecule is CC/C=C\C/C=C\C/C=C\C/C=C\C/C=C\C/C=C\C/C=C\C/C=C\C/C=C\C/C=C\CCCCCCC(=O)NC(CO)C(O)/C=C/CC/C=C/CCCCCCCCCCCCCCCCCCC. The Bertz CT molecular complexity index is 1470. The lowest BCUT2D eigenvalue weighted by Crippen LogP contribution is -2.45. The predicted molar refractivity (Wildman–Crippen MR) is 312 cm³/mol. The van der Waals surface area contributed by atoms with E-state index in [-0.39, 0.29) is 12.5 Å². The number of aliphatic hydroxyl groups excluding tert-OH is 2. The number of nitrogens with one attached hydrogen (secondary N) is 1. The van der Waals surface area contributed by atoms with E-state index < -0.39 is 12.1 Å². The molecule has 4 nitrogen and oxygen atoms in total. The maximum absolute atomic E-state index is 12.5. The number of hydrogen-bond donors (Lipinski definition) is 3. The fraction of sp³-hybridized carbons (Fsp3) is 0.621. The molecule has 0 aliphatic heterocycles. The Balaban J connectivity index is 3.71. The highest BCUT2D eigenvalue weighted by Crippen LogP contribution is 2.15. The monoisotopic (exact) mass is 964 g/mol. The van der Waals surface area contributed by atoms with E-state index in [1.165, 1.54) is 109 Å². The molecule has 1 amide bonds. The molecule has 3 N–H and O–H groups in total. The summed E-state index contributed by atoms with van der Waals surface area (Å²) >= 11 is 0. The van der Waals surface area contributed by atoms with Crippen LogP contribution in [-0.2, 0) is 4.79 Å². The third-order valence-corrected chi connectivity index (χ3v) is 12.3. The summed E-state index contributed by atoms with van der Waals surface area (Å²) < 4.78 is 0. The summed E-state index contributed by atoms with van der Waals surface area (Å²) in [6.45, 7) is 4.18. The number of rotatable bonds is 51. The van der Waals surface area contributed by atoms with E-state index in [1.807, 2.05) is 6.08 Å². The second-order valence-corrected chi connectivity index (χ2v) is 19.0. The zero-order chi connectivity index (χ0) is 50.6. The van der Waals surface area contributed by atoms with Crippen molar-refractivity contribution >= 4 is 5.91 Å². The second kappa shape index (κ2) is 59.6. The molecule has 2 atom stereocenters. The molecule has 0 bridgehead atoms. The standard InChI is InChI=1S/C66H109NO3/c1-3-5-7-9-11-13-15-17-19-21-23-25-27-28-29-30-31-32-33-34-35-36-37-38-40-42-44-46-48-50-52-54-56-58-60-62-66(70)67-64(63-68)65(69)61-59-57-55-53-51-49-47-45-43-41-39-26-24-22-20-18-16-14-12-10-8-6-4-2/h5,7,11,13,17,19,23,25,28-29,31-32,34-35,37-38,42,44,48,50-51,53,59,61,64-65,68-69H,3-4,6,8-10,12,14-16,18,20-22,24,26-27,30,33,36,39-41,43,45-47,49,52,54-58,60,62-63H2,1-2H3,(H,67,70)/b7-5-,13-11-,19-17-,25-23-,29-28-,32-31-,35-34-,38-37-,44-42-,50-48-,53-51+,61-59+. The smallest absolute Gasteiger partial charge is 0.220 e. The number of hydrogen-bond acceptors (Lipinski definition) is 3. The molecule has 0 saturated heterocycles. The molecular formula is C66H109NO3. The van der Waals surface area contributed by atoms with Gasteiger partial charge in [0.05, 0.1) is 18.8 Å². The number of amides is 1. The Hall–Kier alpha value is -3.73. The van der Waals surface area contributed by atoms with Gasteiger partial charge in [-0.1, -0.05) is 275 Å². The summed E-state index contributed by atoms with van der Waals surface area (Å²) in [6.07, 6.45) is 94.3. The van der Waals surface area contributed by atoms with Crippen molar-refractivity contribution in [3.63, 3.8) is 0 Å². The van der Waals surface area contributed by atoms with Gasteiger partial charge in [0.15, 0.2) is 0 Å². The molecule has 70 heavy (non-hydrogen) atoms. The van der Waals surface area contributed by atoms with Gasteiger partial charge in [-0.15, -0.1) is 0 Å². The molecule has 0 aromatic carbocycles. The Kier molecular flexibility index (Phi) is 56.4. The highest BCUT2D eigenvalue weighted by atomic mass is 16.3. The highest BCUT2D eigenvalue weighted by Gasteiger charge is 2.17. The lowest BCUT2D eigenvalue weighted by atomic mass is 10.0. The zero-order valence-corrected chi connectivity index (χ0v) is 45.5. The Morgan fingerprint density at radius 1 is 0.357 bits per heavy atom. The van der Waals surface area contributed by atoms with Gasteiger partial charge >= 0.3 is 0 Å². The van der Waals surface area contributed by atoms with Crippen LogP contribution in [0.1, 0.15) is 245 Å². The predicted octanol–water partition coefficient (Wildman–Crippen LogP) is 19.6. The first-order chi connectivity index (χ1) is 34.7. The van der Waals surface area contributed by atoms with Crippen molar-refractivity contribution < 1.29 is 15.0 Å². The quantitative estimate of drug-likeness (QED) is 0.0420. The minimum absolute atomic E-state index is 0.103. The molecule has 4 heteroatoms. The fourth-order valence-corrected chi connectivity index (χ4v) is 7.93. The minimum atomic E-state index is -0.885. The van der Waals surface area contributed by atoms with E-state index in [2.05, 4.69) is 153 Å². The minimum Gasteiger partial charge on any atom is -0.394 e. The van der Waals surface area contributed by atoms with Crippen LogP contribution in [0, 0.1) is 0 Å². The van der Waals surface area contributed by atoms with Crippen LogP contribution in [0.2, 0.25) is 0 Å². The van der Waals surface area contributed by atoms with Crippen molar-refractivity contribution in [2.75, 3.05) is 6.61 Å². The van der Waals surface area contributed by atoms with Crippen LogP contribution >= 0.6 is 0 Å². The normalized spacial score (nSPS) is 13.9. The van der Waals surface area contributed by atoms with Crippen molar-refractivity contribution in [3.8, 4) is 0 Å². The number of carbonyl (C=O) groups excluding carboxylic acids is 1. The van der Waals surface area contributed by atoms with E-state index >= 15 is 0 Å². The van der Waals surface area contributed by atoms with Gasteiger partial charge < -0.3 is 15.5 Å². The summed E-state index contributed by atoms with van der Waals surface area (Å²) in [5.41, 5.74) is 0. The number of aliphatic hydroxyl groups is 2. The lowest BCUT2D eigenvalue weighted by molar-refractivity contribution is -0.123. The first-order valence-corrected chi connectivity index (χ1v) is 29.0. The first-order valence-electron chi connectivity index (χ1n) is 29.0. The maximum atomic E-state index is 12.5. The van der Waals surface area contributed by atoms with Gasteiger partial charge in [-0.2, -0.15) is 0 Å². The highest BCUT2D eigenvalue weighted by molar-refractivity contribution is 5.76. The van der Waals surface area contributed by atoms with Crippen molar-refractivity contribution in [1.82, 2.24) is 5.32 Å². The lowest BCUT2D eigenvalue weighted by Gasteiger charge is -2.19. The zero-order valence-electron chi connectivity index (χ0n) is 45.5. The fourth-order valence-electron chi connectivity index (χ4n) is 7.93. The second-order valence-electron chi connectivity index (χ2n) is 19.0. The average molecular weight is 965 g/mol. The average Bonchev–Trinajstić information content (AvgIpc) is 3.36. The van der Waals surface area contributed by atoms with Crippen LogP contribution in [0.3, 0.4) is 0 Å². The molecular weight excluding hydrogens is 855 g/mol. The van der Waals surface area contributed by atoms with E-state index in [0.29, 0.717) is 6.42 Å². The Labute approximate surface area is 433 Å². The van der Waals surface area contributed by atoms with Crippen LogP contribution in [0.4, 0.5) is 0 Å². The molecule has 0 saturated carbocycles.